The van der Waals surface area contributed by atoms with E-state index in [9.17, 15) is 4.79 Å². The maximum absolute atomic E-state index is 11.5. The molecule has 4 nitrogen and oxygen atoms in total. The number of carbonyl (C=O) groups excluding carboxylic acids is 1. The van der Waals surface area contributed by atoms with Crippen LogP contribution in [0, 0.1) is 6.92 Å². The Morgan fingerprint density at radius 3 is 2.46 bits per heavy atom. The number of hydrogen-bond acceptors (Lipinski definition) is 3. The van der Waals surface area contributed by atoms with Crippen molar-refractivity contribution < 1.29 is 9.53 Å². The Labute approximate surface area is 156 Å². The number of ether oxygens (including phenoxy) is 1. The lowest BCUT2D eigenvalue weighted by atomic mass is 10.2. The van der Waals surface area contributed by atoms with Gasteiger partial charge in [-0.1, -0.05) is 42.0 Å². The quantitative estimate of drug-likeness (QED) is 0.700. The Bertz CT molecular complexity index is 695. The minimum atomic E-state index is 0.311. The molecule has 0 radical (unpaired) electrons. The van der Waals surface area contributed by atoms with Gasteiger partial charge in [0, 0.05) is 26.1 Å². The number of aryl methyl sites for hydroxylation is 1. The fourth-order valence-electron chi connectivity index (χ4n) is 3.12. The van der Waals surface area contributed by atoms with Crippen LogP contribution >= 0.6 is 0 Å². The first-order valence-electron chi connectivity index (χ1n) is 9.46. The third-order valence-electron chi connectivity index (χ3n) is 4.73. The summed E-state index contributed by atoms with van der Waals surface area (Å²) >= 11 is 0. The smallest absolute Gasteiger partial charge is 0.222 e. The van der Waals surface area contributed by atoms with E-state index in [1.54, 1.807) is 0 Å². The third-order valence-corrected chi connectivity index (χ3v) is 4.73. The van der Waals surface area contributed by atoms with Gasteiger partial charge in [0.25, 0.3) is 0 Å². The van der Waals surface area contributed by atoms with Gasteiger partial charge in [-0.25, -0.2) is 0 Å². The summed E-state index contributed by atoms with van der Waals surface area (Å²) in [6.07, 6.45) is 2.75. The number of nitrogens with one attached hydrogen (secondary N) is 1. The van der Waals surface area contributed by atoms with Crippen molar-refractivity contribution in [1.29, 1.82) is 0 Å². The maximum atomic E-state index is 11.5. The van der Waals surface area contributed by atoms with Crippen molar-refractivity contribution in [3.05, 3.63) is 65.2 Å². The lowest BCUT2D eigenvalue weighted by molar-refractivity contribution is -0.127. The van der Waals surface area contributed by atoms with Crippen LogP contribution in [0.4, 0.5) is 0 Å². The first kappa shape index (κ1) is 18.5. The van der Waals surface area contributed by atoms with Crippen molar-refractivity contribution in [3.63, 3.8) is 0 Å². The van der Waals surface area contributed by atoms with Gasteiger partial charge in [-0.15, -0.1) is 0 Å². The summed E-state index contributed by atoms with van der Waals surface area (Å²) < 4.78 is 5.84. The first-order valence-corrected chi connectivity index (χ1v) is 9.46. The molecule has 1 aliphatic rings. The van der Waals surface area contributed by atoms with Gasteiger partial charge in [0.2, 0.25) is 5.91 Å². The molecule has 1 fully saturated rings. The second-order valence-electron chi connectivity index (χ2n) is 6.93. The van der Waals surface area contributed by atoms with E-state index in [1.165, 1.54) is 16.7 Å². The van der Waals surface area contributed by atoms with E-state index in [1.807, 2.05) is 17.0 Å². The van der Waals surface area contributed by atoms with Crippen LogP contribution in [0.1, 0.15) is 36.0 Å². The van der Waals surface area contributed by atoms with E-state index in [0.717, 1.165) is 51.2 Å². The molecule has 138 valence electrons. The van der Waals surface area contributed by atoms with Gasteiger partial charge in [-0.3, -0.25) is 4.79 Å². The molecule has 3 rings (SSSR count). The topological polar surface area (TPSA) is 41.6 Å². The van der Waals surface area contributed by atoms with E-state index in [-0.39, 0.29) is 0 Å². The average Bonchev–Trinajstić information content (AvgIpc) is 3.07. The zero-order valence-corrected chi connectivity index (χ0v) is 15.5. The van der Waals surface area contributed by atoms with Crippen LogP contribution in [-0.4, -0.2) is 30.4 Å². The van der Waals surface area contributed by atoms with Gasteiger partial charge >= 0.3 is 0 Å². The monoisotopic (exact) mass is 352 g/mol. The minimum Gasteiger partial charge on any atom is -0.489 e. The summed E-state index contributed by atoms with van der Waals surface area (Å²) in [7, 11) is 0. The highest BCUT2D eigenvalue weighted by atomic mass is 16.5. The molecule has 1 saturated heterocycles. The third kappa shape index (κ3) is 5.60. The fourth-order valence-corrected chi connectivity index (χ4v) is 3.12. The van der Waals surface area contributed by atoms with E-state index in [4.69, 9.17) is 4.74 Å². The molecule has 4 heteroatoms. The Hall–Kier alpha value is -2.33. The zero-order valence-electron chi connectivity index (χ0n) is 15.5. The molecule has 0 saturated carbocycles. The lowest BCUT2D eigenvalue weighted by Gasteiger charge is -2.15. The molecule has 0 atom stereocenters. The number of benzene rings is 2. The van der Waals surface area contributed by atoms with Crippen molar-refractivity contribution in [3.8, 4) is 5.75 Å². The Kier molecular flexibility index (Phi) is 6.67. The number of amides is 1. The lowest BCUT2D eigenvalue weighted by Crippen LogP contribution is -2.28. The van der Waals surface area contributed by atoms with Crippen LogP contribution in [0.5, 0.6) is 5.75 Å². The molecule has 0 bridgehead atoms. The predicted octanol–water partition coefficient (Wildman–Crippen LogP) is 3.68. The fraction of sp³-hybridized carbons (Fsp3) is 0.409. The number of likely N-dealkylation sites (tertiary alicyclic amines) is 1. The van der Waals surface area contributed by atoms with Gasteiger partial charge in [0.1, 0.15) is 12.4 Å². The summed E-state index contributed by atoms with van der Waals surface area (Å²) in [4.78, 5) is 13.5. The molecule has 1 aliphatic heterocycles. The van der Waals surface area contributed by atoms with Crippen LogP contribution < -0.4 is 10.1 Å². The van der Waals surface area contributed by atoms with Gasteiger partial charge in [0.15, 0.2) is 0 Å². The predicted molar refractivity (Wildman–Crippen MR) is 104 cm³/mol. The largest absolute Gasteiger partial charge is 0.489 e. The van der Waals surface area contributed by atoms with Crippen LogP contribution in [-0.2, 0) is 17.9 Å². The molecule has 1 heterocycles. The van der Waals surface area contributed by atoms with Gasteiger partial charge in [-0.05, 0) is 49.6 Å². The van der Waals surface area contributed by atoms with Crippen molar-refractivity contribution >= 4 is 5.91 Å². The molecule has 2 aromatic rings. The van der Waals surface area contributed by atoms with Crippen molar-refractivity contribution in [1.82, 2.24) is 10.2 Å². The summed E-state index contributed by atoms with van der Waals surface area (Å²) in [5.41, 5.74) is 3.68. The number of rotatable bonds is 9. The van der Waals surface area contributed by atoms with Crippen LogP contribution in [0.25, 0.3) is 0 Å². The van der Waals surface area contributed by atoms with E-state index < -0.39 is 0 Å². The molecule has 0 unspecified atom stereocenters. The van der Waals surface area contributed by atoms with Crippen LogP contribution in [0.3, 0.4) is 0 Å². The van der Waals surface area contributed by atoms with Gasteiger partial charge in [0.05, 0.1) is 0 Å². The van der Waals surface area contributed by atoms with E-state index >= 15 is 0 Å². The standard InChI is InChI=1S/C22H28N2O2/c1-18-5-7-20(8-6-18)17-26-21-11-9-19(10-12-21)16-23-13-3-15-24-14-2-4-22(24)25/h5-12,23H,2-4,13-17H2,1H3. The molecular formula is C22H28N2O2. The molecule has 0 spiro atoms. The molecule has 2 aromatic carbocycles. The Balaban J connectivity index is 1.33. The summed E-state index contributed by atoms with van der Waals surface area (Å²) in [5, 5.41) is 3.44. The zero-order chi connectivity index (χ0) is 18.2. The molecule has 0 aliphatic carbocycles. The Morgan fingerprint density at radius 1 is 1.04 bits per heavy atom. The van der Waals surface area contributed by atoms with E-state index in [2.05, 4.69) is 48.6 Å². The summed E-state index contributed by atoms with van der Waals surface area (Å²) in [6.45, 7) is 6.25. The average molecular weight is 352 g/mol. The van der Waals surface area contributed by atoms with Crippen molar-refractivity contribution in [2.45, 2.75) is 39.3 Å². The van der Waals surface area contributed by atoms with E-state index in [0.29, 0.717) is 12.5 Å². The molecule has 26 heavy (non-hydrogen) atoms. The molecule has 0 aromatic heterocycles. The second kappa shape index (κ2) is 9.39. The van der Waals surface area contributed by atoms with Crippen LogP contribution in [0.2, 0.25) is 0 Å². The number of hydrogen-bond donors (Lipinski definition) is 1. The molecule has 1 amide bonds. The highest BCUT2D eigenvalue weighted by molar-refractivity contribution is 5.77. The number of carbonyl (C=O) groups is 1. The maximum Gasteiger partial charge on any atom is 0.222 e. The van der Waals surface area contributed by atoms with Gasteiger partial charge in [-0.2, -0.15) is 0 Å². The highest BCUT2D eigenvalue weighted by Crippen LogP contribution is 2.15. The molecule has 1 N–H and O–H groups in total. The first-order chi connectivity index (χ1) is 12.7. The highest BCUT2D eigenvalue weighted by Gasteiger charge is 2.18. The number of nitrogens with zero attached hydrogens (tertiary/aromatic N) is 1. The second-order valence-corrected chi connectivity index (χ2v) is 6.93. The van der Waals surface area contributed by atoms with Crippen LogP contribution in [0.15, 0.2) is 48.5 Å². The van der Waals surface area contributed by atoms with Crippen molar-refractivity contribution in [2.75, 3.05) is 19.6 Å². The Morgan fingerprint density at radius 2 is 1.77 bits per heavy atom. The van der Waals surface area contributed by atoms with Crippen molar-refractivity contribution in [2.24, 2.45) is 0 Å². The van der Waals surface area contributed by atoms with Gasteiger partial charge < -0.3 is 15.0 Å². The molecular weight excluding hydrogens is 324 g/mol. The SMILES string of the molecule is Cc1ccc(COc2ccc(CNCCCN3CCCC3=O)cc2)cc1. The summed E-state index contributed by atoms with van der Waals surface area (Å²) in [6, 6.07) is 16.7. The minimum absolute atomic E-state index is 0.311. The normalized spacial score (nSPS) is 14.0. The summed E-state index contributed by atoms with van der Waals surface area (Å²) in [5.74, 6) is 1.20.